The molecule has 260 valence electrons. The predicted molar refractivity (Wildman–Crippen MR) is 177 cm³/mol. The van der Waals surface area contributed by atoms with E-state index in [0.717, 1.165) is 18.4 Å². The minimum Gasteiger partial charge on any atom is -0.465 e. The molecule has 2 unspecified atom stereocenters. The van der Waals surface area contributed by atoms with Crippen molar-refractivity contribution in [2.24, 2.45) is 17.3 Å². The molecule has 3 aliphatic carbocycles. The summed E-state index contributed by atoms with van der Waals surface area (Å²) in [6, 6.07) is 11.7. The number of halogens is 2. The highest BCUT2D eigenvalue weighted by Crippen LogP contribution is 2.66. The molecule has 0 aromatic heterocycles. The van der Waals surface area contributed by atoms with Gasteiger partial charge in [-0.3, -0.25) is 14.6 Å². The number of carbonyl (C=O) groups is 2. The summed E-state index contributed by atoms with van der Waals surface area (Å²) in [7, 11) is -0.802. The number of benzene rings is 1. The molecular weight excluding hydrogens is 617 g/mol. The van der Waals surface area contributed by atoms with Crippen LogP contribution in [0, 0.1) is 28.6 Å². The molecule has 1 aromatic carbocycles. The molecule has 7 rings (SSSR count). The maximum absolute atomic E-state index is 14.0. The van der Waals surface area contributed by atoms with E-state index in [1.165, 1.54) is 15.9 Å². The molecule has 3 heterocycles. The fourth-order valence-electron chi connectivity index (χ4n) is 9.58. The summed E-state index contributed by atoms with van der Waals surface area (Å²) in [6.07, 6.45) is 3.27. The van der Waals surface area contributed by atoms with Crippen LogP contribution >= 0.6 is 0 Å². The molecule has 3 saturated carbocycles. The highest BCUT2D eigenvalue weighted by molar-refractivity contribution is 6.48. The Kier molecular flexibility index (Phi) is 8.78. The van der Waals surface area contributed by atoms with Gasteiger partial charge in [-0.1, -0.05) is 44.2 Å². The number of amides is 2. The van der Waals surface area contributed by atoms with E-state index in [9.17, 15) is 28.7 Å². The molecule has 48 heavy (non-hydrogen) atoms. The largest absolute Gasteiger partial charge is 0.482 e. The third-order valence-electron chi connectivity index (χ3n) is 12.5. The van der Waals surface area contributed by atoms with Crippen LogP contribution in [0.25, 0.3) is 0 Å². The van der Waals surface area contributed by atoms with Gasteiger partial charge in [-0.25, -0.2) is 13.6 Å². The van der Waals surface area contributed by atoms with Crippen molar-refractivity contribution in [2.75, 3.05) is 26.2 Å². The normalized spacial score (nSPS) is 33.4. The molecule has 2 bridgehead atoms. The highest BCUT2D eigenvalue weighted by Gasteiger charge is 2.69. The van der Waals surface area contributed by atoms with E-state index in [1.807, 2.05) is 43.3 Å². The summed E-state index contributed by atoms with van der Waals surface area (Å²) in [5, 5.41) is 21.0. The van der Waals surface area contributed by atoms with Gasteiger partial charge in [0.05, 0.1) is 29.7 Å². The average Bonchev–Trinajstić information content (AvgIpc) is 3.58. The SMILES string of the molecule is CC1(C)[C@@H]2C[C@H]3OB(C(Cc4ccccc4)N(C(=O)O)C4(C)CCCN(C(=O)C(C#N)=CC(C)(C)N5CCC(F)(F)C5)C4)O[C@@]3(C)[C@H]1C2. The van der Waals surface area contributed by atoms with E-state index in [4.69, 9.17) is 9.31 Å². The number of nitrogens with zero attached hydrogens (tertiary/aromatic N) is 4. The monoisotopic (exact) mass is 666 g/mol. The smallest absolute Gasteiger partial charge is 0.465 e. The summed E-state index contributed by atoms with van der Waals surface area (Å²) >= 11 is 0. The highest BCUT2D eigenvalue weighted by atomic mass is 19.3. The standard InChI is InChI=1S/C36H49BF2N4O5/c1-32(2,42-16-14-36(38,39)23-42)20-25(21-40)30(44)41-15-10-13-34(5,22-41)43(31(45)46)29(17-24-11-8-7-9-12-24)37-47-28-19-26-18-27(33(26,3)4)35(28,6)48-37/h7-9,11-12,20,26-29H,10,13-19,22-23H2,1-6H3,(H,45,46)/t26-,27-,28+,29?,34?,35-/m0/s1. The lowest BCUT2D eigenvalue weighted by Crippen LogP contribution is -2.66. The van der Waals surface area contributed by atoms with Crippen molar-refractivity contribution in [1.82, 2.24) is 14.7 Å². The Bertz CT molecular complexity index is 1500. The van der Waals surface area contributed by atoms with Crippen molar-refractivity contribution in [3.63, 3.8) is 0 Å². The fourth-order valence-corrected chi connectivity index (χ4v) is 9.58. The van der Waals surface area contributed by atoms with Crippen LogP contribution in [0.3, 0.4) is 0 Å². The molecule has 1 aromatic rings. The van der Waals surface area contributed by atoms with E-state index < -0.39 is 54.2 Å². The third kappa shape index (κ3) is 6.05. The number of hydrogen-bond donors (Lipinski definition) is 1. The van der Waals surface area contributed by atoms with Crippen molar-refractivity contribution < 1.29 is 32.8 Å². The molecule has 3 saturated heterocycles. The van der Waals surface area contributed by atoms with Gasteiger partial charge in [-0.2, -0.15) is 5.26 Å². The van der Waals surface area contributed by atoms with E-state index >= 15 is 0 Å². The number of nitriles is 1. The van der Waals surface area contributed by atoms with Crippen LogP contribution in [0.2, 0.25) is 0 Å². The predicted octanol–water partition coefficient (Wildman–Crippen LogP) is 5.80. The molecule has 0 radical (unpaired) electrons. The first-order chi connectivity index (χ1) is 22.4. The second-order valence-corrected chi connectivity index (χ2v) is 16.4. The Balaban J connectivity index is 1.28. The van der Waals surface area contributed by atoms with Crippen molar-refractivity contribution in [1.29, 1.82) is 5.26 Å². The minimum atomic E-state index is -2.81. The number of hydrogen-bond acceptors (Lipinski definition) is 6. The number of alkyl halides is 2. The average molecular weight is 667 g/mol. The summed E-state index contributed by atoms with van der Waals surface area (Å²) < 4.78 is 41.6. The molecule has 2 amide bonds. The van der Waals surface area contributed by atoms with Gasteiger partial charge in [0.1, 0.15) is 11.6 Å². The third-order valence-corrected chi connectivity index (χ3v) is 12.5. The molecule has 6 atom stereocenters. The van der Waals surface area contributed by atoms with Crippen molar-refractivity contribution >= 4 is 19.1 Å². The Labute approximate surface area is 283 Å². The zero-order chi connectivity index (χ0) is 34.9. The fraction of sp³-hybridized carbons (Fsp3) is 0.694. The molecule has 6 fully saturated rings. The lowest BCUT2D eigenvalue weighted by molar-refractivity contribution is -0.199. The Morgan fingerprint density at radius 1 is 1.15 bits per heavy atom. The van der Waals surface area contributed by atoms with E-state index in [1.54, 1.807) is 18.7 Å². The number of rotatable bonds is 8. The van der Waals surface area contributed by atoms with Gasteiger partial charge < -0.3 is 19.3 Å². The molecule has 0 spiro atoms. The molecule has 6 aliphatic rings. The van der Waals surface area contributed by atoms with Crippen molar-refractivity contribution in [3.8, 4) is 6.07 Å². The number of carbonyl (C=O) groups excluding carboxylic acids is 1. The van der Waals surface area contributed by atoms with Gasteiger partial charge in [-0.15, -0.1) is 0 Å². The van der Waals surface area contributed by atoms with Crippen LogP contribution in [0.5, 0.6) is 0 Å². The molecule has 3 aliphatic heterocycles. The van der Waals surface area contributed by atoms with E-state index in [-0.39, 0.29) is 36.6 Å². The van der Waals surface area contributed by atoms with Crippen LogP contribution in [0.1, 0.15) is 79.2 Å². The van der Waals surface area contributed by atoms with E-state index in [0.29, 0.717) is 37.6 Å². The van der Waals surface area contributed by atoms with Gasteiger partial charge in [0.25, 0.3) is 11.8 Å². The van der Waals surface area contributed by atoms with Gasteiger partial charge in [0, 0.05) is 31.6 Å². The molecule has 1 N–H and O–H groups in total. The summed E-state index contributed by atoms with van der Waals surface area (Å²) in [5.41, 5.74) is -1.57. The van der Waals surface area contributed by atoms with Crippen LogP contribution < -0.4 is 0 Å². The Morgan fingerprint density at radius 2 is 1.85 bits per heavy atom. The van der Waals surface area contributed by atoms with Crippen LogP contribution in [0.4, 0.5) is 13.6 Å². The first-order valence-electron chi connectivity index (χ1n) is 17.3. The summed E-state index contributed by atoms with van der Waals surface area (Å²) in [4.78, 5) is 31.9. The number of piperidine rings is 1. The lowest BCUT2D eigenvalue weighted by Gasteiger charge is -2.64. The second kappa shape index (κ2) is 12.1. The quantitative estimate of drug-likeness (QED) is 0.213. The van der Waals surface area contributed by atoms with Gasteiger partial charge in [0.15, 0.2) is 0 Å². The van der Waals surface area contributed by atoms with Crippen LogP contribution in [-0.2, 0) is 20.5 Å². The molecule has 9 nitrogen and oxygen atoms in total. The first kappa shape index (κ1) is 34.8. The minimum absolute atomic E-state index is 0.0653. The van der Waals surface area contributed by atoms with Gasteiger partial charge in [-0.05, 0) is 88.7 Å². The topological polar surface area (TPSA) is 106 Å². The van der Waals surface area contributed by atoms with Gasteiger partial charge >= 0.3 is 13.2 Å². The van der Waals surface area contributed by atoms with Crippen LogP contribution in [0.15, 0.2) is 42.0 Å². The molecule has 12 heteroatoms. The number of carboxylic acid groups (broad SMARTS) is 1. The Hall–Kier alpha value is -3.01. The van der Waals surface area contributed by atoms with Crippen molar-refractivity contribution in [2.45, 2.75) is 115 Å². The zero-order valence-electron chi connectivity index (χ0n) is 29.0. The second-order valence-electron chi connectivity index (χ2n) is 16.4. The maximum Gasteiger partial charge on any atom is 0.482 e. The number of likely N-dealkylation sites (tertiary alicyclic amines) is 2. The summed E-state index contributed by atoms with van der Waals surface area (Å²) in [6.45, 7) is 12.1. The molecular formula is C36H49BF2N4O5. The van der Waals surface area contributed by atoms with Crippen molar-refractivity contribution in [3.05, 3.63) is 47.5 Å². The van der Waals surface area contributed by atoms with E-state index in [2.05, 4.69) is 20.8 Å². The van der Waals surface area contributed by atoms with Gasteiger partial charge in [0.2, 0.25) is 0 Å². The zero-order valence-corrected chi connectivity index (χ0v) is 29.0. The Morgan fingerprint density at radius 3 is 2.46 bits per heavy atom. The summed E-state index contributed by atoms with van der Waals surface area (Å²) in [5.74, 6) is -3.20. The van der Waals surface area contributed by atoms with Crippen LogP contribution in [-0.4, -0.2) is 99.8 Å². The first-order valence-corrected chi connectivity index (χ1v) is 17.3. The lowest BCUT2D eigenvalue weighted by atomic mass is 9.43. The maximum atomic E-state index is 14.0.